The van der Waals surface area contributed by atoms with Gasteiger partial charge in [0.05, 0.1) is 11.7 Å². The van der Waals surface area contributed by atoms with Crippen LogP contribution in [0.25, 0.3) is 10.8 Å². The van der Waals surface area contributed by atoms with Gasteiger partial charge < -0.3 is 9.84 Å². The van der Waals surface area contributed by atoms with E-state index in [1.807, 2.05) is 30.3 Å². The Balaban J connectivity index is 2.46. The summed E-state index contributed by atoms with van der Waals surface area (Å²) in [4.78, 5) is 11.7. The lowest BCUT2D eigenvalue weighted by molar-refractivity contribution is 0.0999. The second-order valence-corrected chi connectivity index (χ2v) is 4.99. The number of carbonyl (C=O) groups is 1. The zero-order valence-electron chi connectivity index (χ0n) is 10.6. The molecule has 0 saturated heterocycles. The van der Waals surface area contributed by atoms with Gasteiger partial charge in [0.2, 0.25) is 0 Å². The van der Waals surface area contributed by atoms with Gasteiger partial charge in [-0.3, -0.25) is 4.79 Å². The molecule has 0 heterocycles. The fraction of sp³-hybridized carbons (Fsp3) is 0.267. The number of ether oxygens (including phenoxy) is 1. The topological polar surface area (TPSA) is 46.5 Å². The summed E-state index contributed by atoms with van der Waals surface area (Å²) in [5, 5.41) is 11.9. The minimum Gasteiger partial charge on any atom is -0.489 e. The van der Waals surface area contributed by atoms with E-state index in [0.717, 1.165) is 10.8 Å². The van der Waals surface area contributed by atoms with E-state index in [1.165, 1.54) is 6.92 Å². The highest BCUT2D eigenvalue weighted by molar-refractivity contribution is 9.09. The number of aliphatic hydroxyl groups excluding tert-OH is 1. The van der Waals surface area contributed by atoms with Crippen molar-refractivity contribution in [1.82, 2.24) is 0 Å². The number of halogens is 1. The molecule has 0 amide bonds. The van der Waals surface area contributed by atoms with Crippen molar-refractivity contribution in [3.05, 3.63) is 42.0 Å². The maximum Gasteiger partial charge on any atom is 0.163 e. The lowest BCUT2D eigenvalue weighted by Crippen LogP contribution is -2.19. The monoisotopic (exact) mass is 322 g/mol. The molecule has 2 aromatic rings. The van der Waals surface area contributed by atoms with Crippen LogP contribution in [0.3, 0.4) is 0 Å². The van der Waals surface area contributed by atoms with Gasteiger partial charge in [-0.15, -0.1) is 0 Å². The summed E-state index contributed by atoms with van der Waals surface area (Å²) in [5.74, 6) is 0.500. The number of benzene rings is 2. The van der Waals surface area contributed by atoms with Crippen LogP contribution in [0.1, 0.15) is 17.3 Å². The molecule has 100 valence electrons. The zero-order valence-corrected chi connectivity index (χ0v) is 12.2. The van der Waals surface area contributed by atoms with E-state index in [2.05, 4.69) is 15.9 Å². The first-order chi connectivity index (χ1) is 9.13. The van der Waals surface area contributed by atoms with Gasteiger partial charge in [0, 0.05) is 10.7 Å². The SMILES string of the molecule is CC(=O)c1ccc2ccccc2c1OCC(O)CBr. The second-order valence-electron chi connectivity index (χ2n) is 4.34. The highest BCUT2D eigenvalue weighted by atomic mass is 79.9. The Kier molecular flexibility index (Phi) is 4.56. The third-order valence-corrected chi connectivity index (χ3v) is 3.60. The Morgan fingerprint density at radius 3 is 2.74 bits per heavy atom. The molecule has 0 saturated carbocycles. The molecule has 0 aliphatic carbocycles. The van der Waals surface area contributed by atoms with Gasteiger partial charge in [-0.1, -0.05) is 46.3 Å². The van der Waals surface area contributed by atoms with Crippen LogP contribution in [0.2, 0.25) is 0 Å². The van der Waals surface area contributed by atoms with Crippen LogP contribution >= 0.6 is 15.9 Å². The van der Waals surface area contributed by atoms with Crippen LogP contribution < -0.4 is 4.74 Å². The Hall–Kier alpha value is -1.39. The normalized spacial score (nSPS) is 12.4. The lowest BCUT2D eigenvalue weighted by atomic mass is 10.0. The first kappa shape index (κ1) is 14.0. The van der Waals surface area contributed by atoms with E-state index in [-0.39, 0.29) is 12.4 Å². The van der Waals surface area contributed by atoms with Gasteiger partial charge in [0.25, 0.3) is 0 Å². The highest BCUT2D eigenvalue weighted by Crippen LogP contribution is 2.30. The Morgan fingerprint density at radius 1 is 1.32 bits per heavy atom. The molecule has 0 radical (unpaired) electrons. The smallest absolute Gasteiger partial charge is 0.163 e. The maximum absolute atomic E-state index is 11.7. The quantitative estimate of drug-likeness (QED) is 0.679. The van der Waals surface area contributed by atoms with Gasteiger partial charge in [-0.25, -0.2) is 0 Å². The fourth-order valence-corrected chi connectivity index (χ4v) is 2.09. The minimum absolute atomic E-state index is 0.0471. The Bertz CT molecular complexity index is 595. The highest BCUT2D eigenvalue weighted by Gasteiger charge is 2.14. The summed E-state index contributed by atoms with van der Waals surface area (Å²) in [6.45, 7) is 1.66. The van der Waals surface area contributed by atoms with Gasteiger partial charge in [-0.05, 0) is 18.4 Å². The van der Waals surface area contributed by atoms with Crippen molar-refractivity contribution in [2.45, 2.75) is 13.0 Å². The maximum atomic E-state index is 11.7. The van der Waals surface area contributed by atoms with Crippen molar-refractivity contribution in [3.63, 3.8) is 0 Å². The van der Waals surface area contributed by atoms with Crippen molar-refractivity contribution in [3.8, 4) is 5.75 Å². The van der Waals surface area contributed by atoms with Crippen LogP contribution in [0.4, 0.5) is 0 Å². The van der Waals surface area contributed by atoms with Crippen LogP contribution in [-0.2, 0) is 0 Å². The second kappa shape index (κ2) is 6.17. The molecule has 1 N–H and O–H groups in total. The lowest BCUT2D eigenvalue weighted by Gasteiger charge is -2.15. The van der Waals surface area contributed by atoms with E-state index in [9.17, 15) is 9.90 Å². The average molecular weight is 323 g/mol. The van der Waals surface area contributed by atoms with Crippen molar-refractivity contribution in [2.24, 2.45) is 0 Å². The summed E-state index contributed by atoms with van der Waals surface area (Å²) in [7, 11) is 0. The molecule has 0 bridgehead atoms. The molecule has 2 aromatic carbocycles. The van der Waals surface area contributed by atoms with E-state index in [1.54, 1.807) is 6.07 Å². The first-order valence-electron chi connectivity index (χ1n) is 6.03. The molecule has 0 aromatic heterocycles. The van der Waals surface area contributed by atoms with E-state index in [0.29, 0.717) is 16.6 Å². The van der Waals surface area contributed by atoms with E-state index >= 15 is 0 Å². The van der Waals surface area contributed by atoms with Crippen molar-refractivity contribution >= 4 is 32.5 Å². The molecular weight excluding hydrogens is 308 g/mol. The predicted octanol–water partition coefficient (Wildman–Crippen LogP) is 3.18. The summed E-state index contributed by atoms with van der Waals surface area (Å²) in [5.41, 5.74) is 0.542. The number of alkyl halides is 1. The summed E-state index contributed by atoms with van der Waals surface area (Å²) in [6.07, 6.45) is -0.598. The third kappa shape index (κ3) is 3.14. The summed E-state index contributed by atoms with van der Waals surface area (Å²) in [6, 6.07) is 11.4. The largest absolute Gasteiger partial charge is 0.489 e. The van der Waals surface area contributed by atoms with Gasteiger partial charge in [0.15, 0.2) is 5.78 Å². The van der Waals surface area contributed by atoms with Crippen molar-refractivity contribution < 1.29 is 14.6 Å². The number of hydrogen-bond donors (Lipinski definition) is 1. The molecule has 19 heavy (non-hydrogen) atoms. The number of carbonyl (C=O) groups excluding carboxylic acids is 1. The Morgan fingerprint density at radius 2 is 2.05 bits per heavy atom. The Labute approximate surface area is 120 Å². The van der Waals surface area contributed by atoms with Gasteiger partial charge in [0.1, 0.15) is 12.4 Å². The van der Waals surface area contributed by atoms with Crippen LogP contribution in [0.15, 0.2) is 36.4 Å². The van der Waals surface area contributed by atoms with E-state index < -0.39 is 6.10 Å². The molecule has 4 heteroatoms. The van der Waals surface area contributed by atoms with Crippen molar-refractivity contribution in [1.29, 1.82) is 0 Å². The summed E-state index contributed by atoms with van der Waals surface area (Å²) >= 11 is 3.19. The fourth-order valence-electron chi connectivity index (χ4n) is 1.90. The number of rotatable bonds is 5. The number of Topliss-reactive ketones (excluding diaryl/α,β-unsaturated/α-hetero) is 1. The zero-order chi connectivity index (χ0) is 13.8. The molecule has 0 aliphatic rings. The number of ketones is 1. The van der Waals surface area contributed by atoms with Gasteiger partial charge in [-0.2, -0.15) is 0 Å². The standard InChI is InChI=1S/C15H15BrO3/c1-10(17)13-7-6-11-4-2-3-5-14(11)15(13)19-9-12(18)8-16/h2-7,12,18H,8-9H2,1H3. The average Bonchev–Trinajstić information content (AvgIpc) is 2.43. The van der Waals surface area contributed by atoms with Crippen LogP contribution in [0.5, 0.6) is 5.75 Å². The summed E-state index contributed by atoms with van der Waals surface area (Å²) < 4.78 is 5.66. The number of hydrogen-bond acceptors (Lipinski definition) is 3. The van der Waals surface area contributed by atoms with Crippen LogP contribution in [0, 0.1) is 0 Å². The molecular formula is C15H15BrO3. The third-order valence-electron chi connectivity index (χ3n) is 2.86. The molecule has 0 fully saturated rings. The molecule has 0 spiro atoms. The van der Waals surface area contributed by atoms with Gasteiger partial charge >= 0.3 is 0 Å². The number of aliphatic hydroxyl groups is 1. The predicted molar refractivity (Wildman–Crippen MR) is 79.2 cm³/mol. The first-order valence-corrected chi connectivity index (χ1v) is 7.15. The molecule has 0 aliphatic heterocycles. The molecule has 2 rings (SSSR count). The molecule has 1 atom stereocenters. The van der Waals surface area contributed by atoms with E-state index in [4.69, 9.17) is 4.74 Å². The molecule has 3 nitrogen and oxygen atoms in total. The van der Waals surface area contributed by atoms with Crippen LogP contribution in [-0.4, -0.2) is 28.9 Å². The number of fused-ring (bicyclic) bond motifs is 1. The van der Waals surface area contributed by atoms with Crippen molar-refractivity contribution in [2.75, 3.05) is 11.9 Å². The molecule has 1 unspecified atom stereocenters. The minimum atomic E-state index is -0.598.